The van der Waals surface area contributed by atoms with Gasteiger partial charge in [-0.25, -0.2) is 0 Å². The minimum absolute atomic E-state index is 0.669. The molecule has 0 bridgehead atoms. The van der Waals surface area contributed by atoms with Crippen molar-refractivity contribution < 1.29 is 4.74 Å². The minimum atomic E-state index is 0.669. The van der Waals surface area contributed by atoms with Gasteiger partial charge in [0.25, 0.3) is 0 Å². The van der Waals surface area contributed by atoms with E-state index >= 15 is 0 Å². The maximum atomic E-state index is 6.02. The number of nitrogens with two attached hydrogens (primary N) is 1. The van der Waals surface area contributed by atoms with Crippen LogP contribution < -0.4 is 20.7 Å². The molecule has 3 N–H and O–H groups in total. The normalized spacial score (nSPS) is 10.2. The first-order valence-electron chi connectivity index (χ1n) is 7.23. The number of benzene rings is 2. The summed E-state index contributed by atoms with van der Waals surface area (Å²) in [4.78, 5) is 2.31. The molecule has 0 radical (unpaired) electrons. The van der Waals surface area contributed by atoms with Crippen LogP contribution in [0.25, 0.3) is 0 Å². The summed E-state index contributed by atoms with van der Waals surface area (Å²) in [6.07, 6.45) is 0. The van der Waals surface area contributed by atoms with Gasteiger partial charge in [-0.1, -0.05) is 0 Å². The van der Waals surface area contributed by atoms with Gasteiger partial charge in [0.15, 0.2) is 0 Å². The molecule has 0 unspecified atom stereocenters. The van der Waals surface area contributed by atoms with Gasteiger partial charge in [-0.05, 0) is 50.2 Å². The highest BCUT2D eigenvalue weighted by Crippen LogP contribution is 2.28. The molecule has 0 fully saturated rings. The molecule has 0 saturated heterocycles. The van der Waals surface area contributed by atoms with Gasteiger partial charge >= 0.3 is 0 Å². The van der Waals surface area contributed by atoms with Crippen molar-refractivity contribution in [2.45, 2.75) is 13.8 Å². The third kappa shape index (κ3) is 3.60. The van der Waals surface area contributed by atoms with E-state index in [1.54, 1.807) is 7.11 Å². The first-order chi connectivity index (χ1) is 10.2. The predicted octanol–water partition coefficient (Wildman–Crippen LogP) is 3.87. The molecular weight excluding hydrogens is 262 g/mol. The fourth-order valence-electron chi connectivity index (χ4n) is 2.28. The van der Waals surface area contributed by atoms with Crippen molar-refractivity contribution in [3.8, 4) is 5.75 Å². The van der Waals surface area contributed by atoms with Crippen LogP contribution in [0.3, 0.4) is 0 Å². The summed E-state index contributed by atoms with van der Waals surface area (Å²) < 4.78 is 5.15. The second kappa shape index (κ2) is 6.88. The van der Waals surface area contributed by atoms with E-state index in [-0.39, 0.29) is 0 Å². The number of methoxy groups -OCH3 is 1. The molecule has 0 heterocycles. The molecule has 0 amide bonds. The number of anilines is 4. The van der Waals surface area contributed by atoms with Gasteiger partial charge in [-0.2, -0.15) is 0 Å². The molecule has 21 heavy (non-hydrogen) atoms. The van der Waals surface area contributed by atoms with Gasteiger partial charge in [-0.15, -0.1) is 0 Å². The molecule has 2 rings (SSSR count). The van der Waals surface area contributed by atoms with E-state index in [0.717, 1.165) is 30.2 Å². The number of nitrogen functional groups attached to an aromatic ring is 1. The Hall–Kier alpha value is -2.36. The van der Waals surface area contributed by atoms with E-state index < -0.39 is 0 Å². The summed E-state index contributed by atoms with van der Waals surface area (Å²) in [6, 6.07) is 14.0. The highest BCUT2D eigenvalue weighted by atomic mass is 16.5. The van der Waals surface area contributed by atoms with Crippen LogP contribution in [0.4, 0.5) is 22.7 Å². The third-order valence-corrected chi connectivity index (χ3v) is 3.53. The fourth-order valence-corrected chi connectivity index (χ4v) is 2.28. The Kier molecular flexibility index (Phi) is 4.93. The van der Waals surface area contributed by atoms with Gasteiger partial charge in [0.05, 0.1) is 18.5 Å². The zero-order valence-electron chi connectivity index (χ0n) is 12.9. The van der Waals surface area contributed by atoms with Crippen LogP contribution in [0, 0.1) is 0 Å². The maximum absolute atomic E-state index is 6.02. The second-order valence-electron chi connectivity index (χ2n) is 4.80. The first-order valence-corrected chi connectivity index (χ1v) is 7.23. The monoisotopic (exact) mass is 285 g/mol. The molecule has 0 aliphatic heterocycles. The summed E-state index contributed by atoms with van der Waals surface area (Å²) in [5, 5.41) is 3.33. The number of hydrogen-bond acceptors (Lipinski definition) is 4. The van der Waals surface area contributed by atoms with E-state index in [0.29, 0.717) is 5.69 Å². The van der Waals surface area contributed by atoms with Crippen molar-refractivity contribution in [1.82, 2.24) is 0 Å². The molecule has 0 aromatic heterocycles. The van der Waals surface area contributed by atoms with E-state index in [9.17, 15) is 0 Å². The van der Waals surface area contributed by atoms with Crippen molar-refractivity contribution in [2.75, 3.05) is 36.1 Å². The Bertz CT molecular complexity index is 577. The second-order valence-corrected chi connectivity index (χ2v) is 4.80. The van der Waals surface area contributed by atoms with Crippen LogP contribution in [0.2, 0.25) is 0 Å². The largest absolute Gasteiger partial charge is 0.497 e. The minimum Gasteiger partial charge on any atom is -0.497 e. The molecule has 4 heteroatoms. The van der Waals surface area contributed by atoms with Crippen LogP contribution >= 0.6 is 0 Å². The quantitative estimate of drug-likeness (QED) is 0.791. The Labute approximate surface area is 126 Å². The summed E-state index contributed by atoms with van der Waals surface area (Å²) in [6.45, 7) is 6.34. The zero-order valence-corrected chi connectivity index (χ0v) is 12.9. The number of rotatable bonds is 6. The number of ether oxygens (including phenoxy) is 1. The molecule has 0 spiro atoms. The van der Waals surface area contributed by atoms with Crippen LogP contribution in [-0.2, 0) is 0 Å². The Morgan fingerprint density at radius 1 is 1.05 bits per heavy atom. The lowest BCUT2D eigenvalue weighted by atomic mass is 10.2. The van der Waals surface area contributed by atoms with Crippen molar-refractivity contribution in [3.05, 3.63) is 42.5 Å². The van der Waals surface area contributed by atoms with Gasteiger partial charge in [0.2, 0.25) is 0 Å². The Balaban J connectivity index is 2.13. The fraction of sp³-hybridized carbons (Fsp3) is 0.294. The summed E-state index contributed by atoms with van der Waals surface area (Å²) in [7, 11) is 1.63. The molecule has 112 valence electrons. The molecule has 2 aromatic rings. The number of hydrogen-bond donors (Lipinski definition) is 2. The zero-order chi connectivity index (χ0) is 15.2. The summed E-state index contributed by atoms with van der Waals surface area (Å²) in [5.74, 6) is 0.759. The van der Waals surface area contributed by atoms with Gasteiger partial charge < -0.3 is 20.7 Å². The molecule has 0 saturated carbocycles. The molecule has 2 aromatic carbocycles. The topological polar surface area (TPSA) is 50.5 Å². The molecule has 4 nitrogen and oxygen atoms in total. The lowest BCUT2D eigenvalue weighted by Crippen LogP contribution is -2.21. The van der Waals surface area contributed by atoms with Crippen LogP contribution in [0.15, 0.2) is 42.5 Å². The van der Waals surface area contributed by atoms with Crippen molar-refractivity contribution in [3.63, 3.8) is 0 Å². The van der Waals surface area contributed by atoms with Crippen LogP contribution in [0.1, 0.15) is 13.8 Å². The lowest BCUT2D eigenvalue weighted by molar-refractivity contribution is 0.415. The molecule has 0 atom stereocenters. The maximum Gasteiger partial charge on any atom is 0.121 e. The average Bonchev–Trinajstić information content (AvgIpc) is 2.52. The van der Waals surface area contributed by atoms with E-state index in [2.05, 4.69) is 48.3 Å². The van der Waals surface area contributed by atoms with Gasteiger partial charge in [-0.3, -0.25) is 0 Å². The van der Waals surface area contributed by atoms with Crippen LogP contribution in [-0.4, -0.2) is 20.2 Å². The van der Waals surface area contributed by atoms with Gasteiger partial charge in [0, 0.05) is 30.5 Å². The van der Waals surface area contributed by atoms with E-state index in [1.807, 2.05) is 18.2 Å². The van der Waals surface area contributed by atoms with Crippen molar-refractivity contribution in [1.29, 1.82) is 0 Å². The molecule has 0 aliphatic carbocycles. The SMILES string of the molecule is CCN(CC)c1ccc(Nc2ccc(OC)cc2N)cc1. The van der Waals surface area contributed by atoms with Crippen molar-refractivity contribution in [2.24, 2.45) is 0 Å². The highest BCUT2D eigenvalue weighted by molar-refractivity contribution is 5.74. The molecule has 0 aliphatic rings. The van der Waals surface area contributed by atoms with Crippen LogP contribution in [0.5, 0.6) is 5.75 Å². The smallest absolute Gasteiger partial charge is 0.121 e. The first kappa shape index (κ1) is 15.0. The predicted molar refractivity (Wildman–Crippen MR) is 90.7 cm³/mol. The lowest BCUT2D eigenvalue weighted by Gasteiger charge is -2.21. The Morgan fingerprint density at radius 2 is 1.71 bits per heavy atom. The third-order valence-electron chi connectivity index (χ3n) is 3.53. The number of nitrogens with zero attached hydrogens (tertiary/aromatic N) is 1. The summed E-state index contributed by atoms with van der Waals surface area (Å²) in [5.41, 5.74) is 9.81. The van der Waals surface area contributed by atoms with E-state index in [1.165, 1.54) is 5.69 Å². The summed E-state index contributed by atoms with van der Waals surface area (Å²) >= 11 is 0. The Morgan fingerprint density at radius 3 is 2.24 bits per heavy atom. The van der Waals surface area contributed by atoms with Crippen molar-refractivity contribution >= 4 is 22.7 Å². The molecular formula is C17H23N3O. The standard InChI is InChI=1S/C17H23N3O/c1-4-20(5-2)14-8-6-13(7-9-14)19-17-11-10-15(21-3)12-16(17)18/h6-12,19H,4-5,18H2,1-3H3. The van der Waals surface area contributed by atoms with E-state index in [4.69, 9.17) is 10.5 Å². The van der Waals surface area contributed by atoms with Gasteiger partial charge in [0.1, 0.15) is 5.75 Å². The number of nitrogens with one attached hydrogen (secondary N) is 1. The average molecular weight is 285 g/mol. The highest BCUT2D eigenvalue weighted by Gasteiger charge is 2.04.